The van der Waals surface area contributed by atoms with Crippen LogP contribution >= 0.6 is 0 Å². The number of aliphatic carboxylic acids is 1. The Morgan fingerprint density at radius 3 is 3.19 bits per heavy atom. The van der Waals surface area contributed by atoms with Crippen LogP contribution in [0.4, 0.5) is 5.69 Å². The Labute approximate surface area is 92.3 Å². The number of rotatable bonds is 4. The molecule has 1 aliphatic heterocycles. The minimum absolute atomic E-state index is 0.402. The van der Waals surface area contributed by atoms with Crippen molar-refractivity contribution in [3.05, 3.63) is 36.6 Å². The summed E-state index contributed by atoms with van der Waals surface area (Å²) in [7, 11) is 0. The Kier molecular flexibility index (Phi) is 2.68. The second-order valence-electron chi connectivity index (χ2n) is 3.24. The van der Waals surface area contributed by atoms with Crippen LogP contribution in [-0.4, -0.2) is 17.8 Å². The number of ether oxygens (including phenoxy) is 2. The average molecular weight is 221 g/mol. The molecule has 0 radical (unpaired) electrons. The Morgan fingerprint density at radius 2 is 2.50 bits per heavy atom. The molecule has 16 heavy (non-hydrogen) atoms. The smallest absolute Gasteiger partial charge is 0.349 e. The van der Waals surface area contributed by atoms with Gasteiger partial charge in [0.1, 0.15) is 5.75 Å². The fraction of sp³-hybridized carbons (Fsp3) is 0.182. The van der Waals surface area contributed by atoms with Crippen molar-refractivity contribution in [2.24, 2.45) is 0 Å². The highest BCUT2D eigenvalue weighted by Gasteiger charge is 2.22. The molecule has 2 rings (SSSR count). The van der Waals surface area contributed by atoms with E-state index in [0.29, 0.717) is 18.0 Å². The monoisotopic (exact) mass is 221 g/mol. The van der Waals surface area contributed by atoms with Gasteiger partial charge in [-0.05, 0) is 12.1 Å². The van der Waals surface area contributed by atoms with Crippen molar-refractivity contribution < 1.29 is 19.4 Å². The van der Waals surface area contributed by atoms with E-state index in [1.165, 1.54) is 0 Å². The number of anilines is 1. The van der Waals surface area contributed by atoms with E-state index in [1.807, 2.05) is 0 Å². The van der Waals surface area contributed by atoms with E-state index in [2.05, 4.69) is 11.9 Å². The van der Waals surface area contributed by atoms with Crippen LogP contribution in [0.2, 0.25) is 0 Å². The van der Waals surface area contributed by atoms with Gasteiger partial charge in [0.2, 0.25) is 6.10 Å². The van der Waals surface area contributed by atoms with Gasteiger partial charge in [-0.25, -0.2) is 4.79 Å². The van der Waals surface area contributed by atoms with Crippen LogP contribution in [0.1, 0.15) is 11.7 Å². The third-order valence-electron chi connectivity index (χ3n) is 2.26. The van der Waals surface area contributed by atoms with E-state index < -0.39 is 12.1 Å². The van der Waals surface area contributed by atoms with Gasteiger partial charge in [0.15, 0.2) is 6.73 Å². The quantitative estimate of drug-likeness (QED) is 0.758. The van der Waals surface area contributed by atoms with E-state index in [4.69, 9.17) is 14.6 Å². The molecule has 0 bridgehead atoms. The molecule has 0 saturated heterocycles. The minimum Gasteiger partial charge on any atom is -0.482 e. The number of fused-ring (bicyclic) bond motifs is 1. The van der Waals surface area contributed by atoms with E-state index in [9.17, 15) is 4.79 Å². The van der Waals surface area contributed by atoms with Crippen LogP contribution in [0.15, 0.2) is 31.0 Å². The Bertz CT molecular complexity index is 430. The van der Waals surface area contributed by atoms with Crippen molar-refractivity contribution in [3.63, 3.8) is 0 Å². The summed E-state index contributed by atoms with van der Waals surface area (Å²) in [6.07, 6.45) is 0.0671. The van der Waals surface area contributed by atoms with Crippen LogP contribution in [0, 0.1) is 0 Å². The van der Waals surface area contributed by atoms with Crippen molar-refractivity contribution in [3.8, 4) is 5.75 Å². The summed E-state index contributed by atoms with van der Waals surface area (Å²) in [6, 6.07) is 5.10. The van der Waals surface area contributed by atoms with Gasteiger partial charge >= 0.3 is 5.97 Å². The fourth-order valence-corrected chi connectivity index (χ4v) is 1.53. The third kappa shape index (κ3) is 1.79. The molecule has 1 heterocycles. The molecule has 0 saturated carbocycles. The predicted octanol–water partition coefficient (Wildman–Crippen LogP) is 1.73. The molecule has 1 unspecified atom stereocenters. The largest absolute Gasteiger partial charge is 0.482 e. The van der Waals surface area contributed by atoms with Gasteiger partial charge in [-0.1, -0.05) is 12.6 Å². The number of carboxylic acid groups (broad SMARTS) is 1. The molecule has 2 N–H and O–H groups in total. The second-order valence-corrected chi connectivity index (χ2v) is 3.24. The summed E-state index contributed by atoms with van der Waals surface area (Å²) in [6.45, 7) is 3.75. The summed E-state index contributed by atoms with van der Waals surface area (Å²) >= 11 is 0. The molecule has 1 aliphatic rings. The van der Waals surface area contributed by atoms with Crippen molar-refractivity contribution in [1.29, 1.82) is 0 Å². The first kappa shape index (κ1) is 10.4. The van der Waals surface area contributed by atoms with Crippen LogP contribution in [0.25, 0.3) is 0 Å². The standard InChI is InChI=1S/C11H11NO4/c1-2-15-10(11(13)14)7-3-4-8-9(5-7)16-6-12-8/h2-5,10,12H,1,6H2,(H,13,14). The van der Waals surface area contributed by atoms with Gasteiger partial charge in [0.25, 0.3) is 0 Å². The molecule has 0 fully saturated rings. The van der Waals surface area contributed by atoms with E-state index in [0.717, 1.165) is 11.9 Å². The van der Waals surface area contributed by atoms with E-state index in [-0.39, 0.29) is 0 Å². The normalized spacial score (nSPS) is 14.2. The van der Waals surface area contributed by atoms with Crippen LogP contribution in [-0.2, 0) is 9.53 Å². The summed E-state index contributed by atoms with van der Waals surface area (Å²) < 4.78 is 10.2. The first-order valence-corrected chi connectivity index (χ1v) is 4.72. The number of nitrogens with one attached hydrogen (secondary N) is 1. The van der Waals surface area contributed by atoms with Crippen molar-refractivity contribution >= 4 is 11.7 Å². The number of benzene rings is 1. The third-order valence-corrected chi connectivity index (χ3v) is 2.26. The van der Waals surface area contributed by atoms with Crippen molar-refractivity contribution in [2.45, 2.75) is 6.10 Å². The molecule has 5 heteroatoms. The number of carbonyl (C=O) groups is 1. The predicted molar refractivity (Wildman–Crippen MR) is 57.2 cm³/mol. The molecule has 84 valence electrons. The highest BCUT2D eigenvalue weighted by Crippen LogP contribution is 2.32. The van der Waals surface area contributed by atoms with E-state index in [1.54, 1.807) is 18.2 Å². The van der Waals surface area contributed by atoms with Gasteiger partial charge in [-0.15, -0.1) is 0 Å². The minimum atomic E-state index is -1.06. The first-order chi connectivity index (χ1) is 7.72. The summed E-state index contributed by atoms with van der Waals surface area (Å²) in [5.41, 5.74) is 1.38. The van der Waals surface area contributed by atoms with Crippen molar-refractivity contribution in [1.82, 2.24) is 0 Å². The first-order valence-electron chi connectivity index (χ1n) is 4.72. The molecule has 1 atom stereocenters. The second kappa shape index (κ2) is 4.14. The van der Waals surface area contributed by atoms with Crippen LogP contribution in [0.3, 0.4) is 0 Å². The van der Waals surface area contributed by atoms with Gasteiger partial charge in [-0.2, -0.15) is 0 Å². The fourth-order valence-electron chi connectivity index (χ4n) is 1.53. The lowest BCUT2D eigenvalue weighted by Gasteiger charge is -2.12. The Hall–Kier alpha value is -2.17. The molecule has 0 spiro atoms. The highest BCUT2D eigenvalue weighted by molar-refractivity contribution is 5.75. The zero-order valence-electron chi connectivity index (χ0n) is 8.47. The van der Waals surface area contributed by atoms with Gasteiger partial charge in [-0.3, -0.25) is 0 Å². The average Bonchev–Trinajstić information content (AvgIpc) is 2.72. The zero-order chi connectivity index (χ0) is 11.5. The molecular weight excluding hydrogens is 210 g/mol. The maximum absolute atomic E-state index is 11.0. The molecule has 5 nitrogen and oxygen atoms in total. The zero-order valence-corrected chi connectivity index (χ0v) is 8.47. The molecule has 1 aromatic rings. The summed E-state index contributed by atoms with van der Waals surface area (Å²) in [5.74, 6) is -0.429. The molecule has 0 aromatic heterocycles. The number of hydrogen-bond donors (Lipinski definition) is 2. The molecule has 0 amide bonds. The van der Waals surface area contributed by atoms with Gasteiger partial charge in [0.05, 0.1) is 11.9 Å². The van der Waals surface area contributed by atoms with Crippen LogP contribution < -0.4 is 10.1 Å². The number of carboxylic acids is 1. The Balaban J connectivity index is 2.31. The van der Waals surface area contributed by atoms with E-state index >= 15 is 0 Å². The Morgan fingerprint density at radius 1 is 1.69 bits per heavy atom. The molecule has 0 aliphatic carbocycles. The number of hydrogen-bond acceptors (Lipinski definition) is 4. The molecular formula is C11H11NO4. The maximum Gasteiger partial charge on any atom is 0.349 e. The highest BCUT2D eigenvalue weighted by atomic mass is 16.5. The summed E-state index contributed by atoms with van der Waals surface area (Å²) in [5, 5.41) is 12.0. The van der Waals surface area contributed by atoms with Crippen molar-refractivity contribution in [2.75, 3.05) is 12.0 Å². The topological polar surface area (TPSA) is 67.8 Å². The summed E-state index contributed by atoms with van der Waals surface area (Å²) in [4.78, 5) is 11.0. The van der Waals surface area contributed by atoms with Gasteiger partial charge < -0.3 is 19.9 Å². The lowest BCUT2D eigenvalue weighted by molar-refractivity contribution is -0.147. The molecule has 1 aromatic carbocycles. The lowest BCUT2D eigenvalue weighted by atomic mass is 10.1. The SMILES string of the molecule is C=COC(C(=O)O)c1ccc2c(c1)OCN2. The lowest BCUT2D eigenvalue weighted by Crippen LogP contribution is -2.12. The van der Waals surface area contributed by atoms with Crippen LogP contribution in [0.5, 0.6) is 5.75 Å². The van der Waals surface area contributed by atoms with Gasteiger partial charge in [0, 0.05) is 5.56 Å². The maximum atomic E-state index is 11.0.